The fraction of sp³-hybridized carbons (Fsp3) is 0.286. The van der Waals surface area contributed by atoms with Crippen LogP contribution in [0.1, 0.15) is 36.2 Å². The number of benzene rings is 1. The van der Waals surface area contributed by atoms with Gasteiger partial charge in [0.15, 0.2) is 0 Å². The lowest BCUT2D eigenvalue weighted by Gasteiger charge is -2.04. The van der Waals surface area contributed by atoms with Crippen molar-refractivity contribution in [2.45, 2.75) is 20.3 Å². The molecule has 2 nitrogen and oxygen atoms in total. The van der Waals surface area contributed by atoms with Crippen LogP contribution in [-0.2, 0) is 4.74 Å². The van der Waals surface area contributed by atoms with Gasteiger partial charge < -0.3 is 4.74 Å². The first-order valence-corrected chi connectivity index (χ1v) is 5.39. The van der Waals surface area contributed by atoms with E-state index in [1.807, 2.05) is 19.1 Å². The summed E-state index contributed by atoms with van der Waals surface area (Å²) in [6.07, 6.45) is 0.877. The van der Waals surface area contributed by atoms with Crippen molar-refractivity contribution in [3.05, 3.63) is 47.7 Å². The predicted molar refractivity (Wildman–Crippen MR) is 65.2 cm³/mol. The number of hydrogen-bond donors (Lipinski definition) is 0. The summed E-state index contributed by atoms with van der Waals surface area (Å²) < 4.78 is 4.91. The second-order valence-corrected chi connectivity index (χ2v) is 3.31. The van der Waals surface area contributed by atoms with Crippen LogP contribution in [0.15, 0.2) is 36.6 Å². The predicted octanol–water partition coefficient (Wildman–Crippen LogP) is 3.44. The minimum absolute atomic E-state index is 0.283. The van der Waals surface area contributed by atoms with E-state index >= 15 is 0 Å². The Hall–Kier alpha value is -1.79. The molecule has 0 aliphatic heterocycles. The first-order chi connectivity index (χ1) is 7.72. The molecular weight excluding hydrogens is 200 g/mol. The molecule has 0 heterocycles. The monoisotopic (exact) mass is 216 g/mol. The van der Waals surface area contributed by atoms with Crippen molar-refractivity contribution in [1.29, 1.82) is 0 Å². The summed E-state index contributed by atoms with van der Waals surface area (Å²) in [7, 11) is 0. The maximum absolute atomic E-state index is 11.4. The molecule has 0 spiro atoms. The third kappa shape index (κ3) is 2.85. The Bertz CT molecular complexity index is 409. The summed E-state index contributed by atoms with van der Waals surface area (Å²) in [4.78, 5) is 11.4. The average Bonchev–Trinajstić information content (AvgIpc) is 2.32. The minimum atomic E-state index is -0.283. The highest BCUT2D eigenvalue weighted by atomic mass is 16.5. The fourth-order valence-electron chi connectivity index (χ4n) is 1.45. The van der Waals surface area contributed by atoms with Crippen LogP contribution < -0.4 is 0 Å². The summed E-state index contributed by atoms with van der Waals surface area (Å²) in [5.74, 6) is -0.283. The minimum Gasteiger partial charge on any atom is -0.462 e. The van der Waals surface area contributed by atoms with Gasteiger partial charge in [-0.05, 0) is 31.0 Å². The molecule has 0 fully saturated rings. The molecule has 0 bridgehead atoms. The second-order valence-electron chi connectivity index (χ2n) is 3.31. The van der Waals surface area contributed by atoms with Crippen molar-refractivity contribution in [2.75, 3.05) is 6.61 Å². The number of hydrogen-bond acceptors (Lipinski definition) is 2. The lowest BCUT2D eigenvalue weighted by Crippen LogP contribution is -2.04. The third-order valence-corrected chi connectivity index (χ3v) is 2.31. The topological polar surface area (TPSA) is 26.3 Å². The highest BCUT2D eigenvalue weighted by molar-refractivity contribution is 5.89. The molecule has 16 heavy (non-hydrogen) atoms. The molecule has 0 aliphatic carbocycles. The molecule has 0 N–H and O–H groups in total. The lowest BCUT2D eigenvalue weighted by molar-refractivity contribution is 0.0526. The van der Waals surface area contributed by atoms with E-state index < -0.39 is 0 Å². The Morgan fingerprint density at radius 3 is 2.25 bits per heavy atom. The van der Waals surface area contributed by atoms with Gasteiger partial charge in [0.2, 0.25) is 0 Å². The van der Waals surface area contributed by atoms with Gasteiger partial charge in [0, 0.05) is 5.57 Å². The summed E-state index contributed by atoms with van der Waals surface area (Å²) in [5.41, 5.74) is 5.56. The molecular formula is C14H16O2. The number of rotatable bonds is 4. The second kappa shape index (κ2) is 5.94. The Labute approximate surface area is 96.2 Å². The van der Waals surface area contributed by atoms with Crippen LogP contribution in [0.3, 0.4) is 0 Å². The SMILES string of the molecule is C=C=C(CC)c1ccc(C(=O)OCC)cc1. The van der Waals surface area contributed by atoms with E-state index in [1.54, 1.807) is 19.1 Å². The number of esters is 1. The standard InChI is InChI=1S/C14H16O2/c1-4-11(5-2)12-7-9-13(10-8-12)14(15)16-6-3/h7-10H,1,5-6H2,2-3H3. The van der Waals surface area contributed by atoms with Gasteiger partial charge in [0.25, 0.3) is 0 Å². The third-order valence-electron chi connectivity index (χ3n) is 2.31. The number of carbonyl (C=O) groups is 1. The highest BCUT2D eigenvalue weighted by Crippen LogP contribution is 2.17. The van der Waals surface area contributed by atoms with Crippen molar-refractivity contribution >= 4 is 11.5 Å². The normalized spacial score (nSPS) is 9.38. The van der Waals surface area contributed by atoms with Crippen LogP contribution in [0.2, 0.25) is 0 Å². The maximum Gasteiger partial charge on any atom is 0.338 e. The van der Waals surface area contributed by atoms with Gasteiger partial charge in [-0.15, -0.1) is 5.73 Å². The zero-order chi connectivity index (χ0) is 12.0. The molecule has 2 heteroatoms. The Morgan fingerprint density at radius 1 is 1.25 bits per heavy atom. The Balaban J connectivity index is 2.91. The van der Waals surface area contributed by atoms with Crippen LogP contribution in [0, 0.1) is 0 Å². The molecule has 0 unspecified atom stereocenters. The van der Waals surface area contributed by atoms with Gasteiger partial charge in [0.1, 0.15) is 0 Å². The van der Waals surface area contributed by atoms with Gasteiger partial charge >= 0.3 is 5.97 Å². The van der Waals surface area contributed by atoms with E-state index in [9.17, 15) is 4.79 Å². The molecule has 0 atom stereocenters. The molecule has 0 saturated heterocycles. The molecule has 0 aliphatic rings. The zero-order valence-electron chi connectivity index (χ0n) is 9.75. The quantitative estimate of drug-likeness (QED) is 0.569. The van der Waals surface area contributed by atoms with Crippen LogP contribution in [-0.4, -0.2) is 12.6 Å². The lowest BCUT2D eigenvalue weighted by atomic mass is 10.0. The van der Waals surface area contributed by atoms with E-state index in [0.717, 1.165) is 17.6 Å². The Morgan fingerprint density at radius 2 is 1.81 bits per heavy atom. The van der Waals surface area contributed by atoms with Crippen LogP contribution in [0.4, 0.5) is 0 Å². The summed E-state index contributed by atoms with van der Waals surface area (Å²) in [6, 6.07) is 7.31. The van der Waals surface area contributed by atoms with E-state index in [4.69, 9.17) is 4.74 Å². The molecule has 0 radical (unpaired) electrons. The van der Waals surface area contributed by atoms with E-state index in [1.165, 1.54) is 0 Å². The first kappa shape index (κ1) is 12.3. The largest absolute Gasteiger partial charge is 0.462 e. The highest BCUT2D eigenvalue weighted by Gasteiger charge is 2.06. The van der Waals surface area contributed by atoms with Crippen molar-refractivity contribution in [2.24, 2.45) is 0 Å². The number of ether oxygens (including phenoxy) is 1. The van der Waals surface area contributed by atoms with Crippen molar-refractivity contribution in [3.63, 3.8) is 0 Å². The van der Waals surface area contributed by atoms with Crippen LogP contribution >= 0.6 is 0 Å². The summed E-state index contributed by atoms with van der Waals surface area (Å²) >= 11 is 0. The summed E-state index contributed by atoms with van der Waals surface area (Å²) in [5, 5.41) is 0. The zero-order valence-corrected chi connectivity index (χ0v) is 9.75. The number of carbonyl (C=O) groups excluding carboxylic acids is 1. The first-order valence-electron chi connectivity index (χ1n) is 5.39. The summed E-state index contributed by atoms with van der Waals surface area (Å²) in [6.45, 7) is 7.88. The number of allylic oxidation sites excluding steroid dienone is 1. The molecule has 1 aromatic carbocycles. The van der Waals surface area contributed by atoms with Gasteiger partial charge in [-0.25, -0.2) is 4.79 Å². The van der Waals surface area contributed by atoms with Gasteiger partial charge in [-0.1, -0.05) is 25.6 Å². The molecule has 84 valence electrons. The molecule has 0 saturated carbocycles. The van der Waals surface area contributed by atoms with Crippen LogP contribution in [0.5, 0.6) is 0 Å². The van der Waals surface area contributed by atoms with E-state index in [-0.39, 0.29) is 5.97 Å². The maximum atomic E-state index is 11.4. The Kier molecular flexibility index (Phi) is 4.56. The van der Waals surface area contributed by atoms with Gasteiger partial charge in [0.05, 0.1) is 12.2 Å². The fourth-order valence-corrected chi connectivity index (χ4v) is 1.45. The molecule has 0 amide bonds. The van der Waals surface area contributed by atoms with Gasteiger partial charge in [-0.2, -0.15) is 0 Å². The average molecular weight is 216 g/mol. The van der Waals surface area contributed by atoms with E-state index in [0.29, 0.717) is 12.2 Å². The van der Waals surface area contributed by atoms with Crippen molar-refractivity contribution < 1.29 is 9.53 Å². The molecule has 1 rings (SSSR count). The van der Waals surface area contributed by atoms with Gasteiger partial charge in [-0.3, -0.25) is 0 Å². The van der Waals surface area contributed by atoms with Crippen molar-refractivity contribution in [1.82, 2.24) is 0 Å². The smallest absolute Gasteiger partial charge is 0.338 e. The van der Waals surface area contributed by atoms with E-state index in [2.05, 4.69) is 12.3 Å². The molecule has 1 aromatic rings. The molecule has 0 aromatic heterocycles. The van der Waals surface area contributed by atoms with Crippen molar-refractivity contribution in [3.8, 4) is 0 Å². The van der Waals surface area contributed by atoms with Crippen LogP contribution in [0.25, 0.3) is 5.57 Å².